The summed E-state index contributed by atoms with van der Waals surface area (Å²) >= 11 is 0. The molecular weight excluding hydrogens is 248 g/mol. The Morgan fingerprint density at radius 2 is 1.95 bits per heavy atom. The molecule has 108 valence electrons. The minimum absolute atomic E-state index is 0.0434. The Morgan fingerprint density at radius 1 is 1.32 bits per heavy atom. The first-order chi connectivity index (χ1) is 8.69. The van der Waals surface area contributed by atoms with E-state index in [9.17, 15) is 14.4 Å². The van der Waals surface area contributed by atoms with Crippen LogP contribution >= 0.6 is 0 Å². The first-order valence-corrected chi connectivity index (χ1v) is 6.44. The van der Waals surface area contributed by atoms with Gasteiger partial charge in [0.15, 0.2) is 0 Å². The smallest absolute Gasteiger partial charge is 0.410 e. The number of nitrogens with one attached hydrogen (secondary N) is 1. The molecule has 1 fully saturated rings. The fraction of sp³-hybridized carbons (Fsp3) is 0.769. The summed E-state index contributed by atoms with van der Waals surface area (Å²) in [6, 6.07) is 0. The van der Waals surface area contributed by atoms with Crippen LogP contribution in [0.3, 0.4) is 0 Å². The Balaban J connectivity index is 2.43. The van der Waals surface area contributed by atoms with Crippen LogP contribution in [0.5, 0.6) is 0 Å². The molecule has 0 aromatic carbocycles. The van der Waals surface area contributed by atoms with Crippen molar-refractivity contribution < 1.29 is 19.1 Å². The monoisotopic (exact) mass is 270 g/mol. The predicted molar refractivity (Wildman–Crippen MR) is 69.6 cm³/mol. The Kier molecular flexibility index (Phi) is 4.91. The molecule has 0 saturated carbocycles. The Morgan fingerprint density at radius 3 is 2.47 bits per heavy atom. The maximum absolute atomic E-state index is 11.8. The molecule has 1 N–H and O–H groups in total. The second kappa shape index (κ2) is 6.04. The number of ketones is 1. The van der Waals surface area contributed by atoms with Gasteiger partial charge in [0, 0.05) is 13.1 Å². The van der Waals surface area contributed by atoms with E-state index in [1.54, 1.807) is 20.8 Å². The van der Waals surface area contributed by atoms with Crippen LogP contribution < -0.4 is 5.32 Å². The topological polar surface area (TPSA) is 75.7 Å². The summed E-state index contributed by atoms with van der Waals surface area (Å²) in [6.07, 6.45) is 0.206. The zero-order chi connectivity index (χ0) is 14.6. The third-order valence-electron chi connectivity index (χ3n) is 2.72. The van der Waals surface area contributed by atoms with Crippen molar-refractivity contribution in [1.29, 1.82) is 0 Å². The molecule has 1 rings (SSSR count). The Hall–Kier alpha value is -1.59. The van der Waals surface area contributed by atoms with Crippen LogP contribution in [-0.2, 0) is 14.3 Å². The number of likely N-dealkylation sites (tertiary alicyclic amines) is 1. The summed E-state index contributed by atoms with van der Waals surface area (Å²) in [5.41, 5.74) is -0.536. The highest BCUT2D eigenvalue weighted by Crippen LogP contribution is 2.19. The van der Waals surface area contributed by atoms with E-state index in [1.165, 1.54) is 11.8 Å². The van der Waals surface area contributed by atoms with Gasteiger partial charge >= 0.3 is 6.09 Å². The highest BCUT2D eigenvalue weighted by molar-refractivity contribution is 5.86. The van der Waals surface area contributed by atoms with Gasteiger partial charge in [0.05, 0.1) is 12.5 Å². The molecule has 6 nitrogen and oxygen atoms in total. The van der Waals surface area contributed by atoms with Crippen molar-refractivity contribution in [2.45, 2.75) is 39.7 Å². The molecule has 0 aromatic rings. The third kappa shape index (κ3) is 5.28. The largest absolute Gasteiger partial charge is 0.444 e. The molecule has 1 unspecified atom stereocenters. The van der Waals surface area contributed by atoms with Gasteiger partial charge in [-0.2, -0.15) is 0 Å². The molecule has 1 atom stereocenters. The third-order valence-corrected chi connectivity index (χ3v) is 2.72. The molecule has 0 aliphatic carbocycles. The van der Waals surface area contributed by atoms with E-state index in [0.717, 1.165) is 0 Å². The van der Waals surface area contributed by atoms with Crippen LogP contribution in [-0.4, -0.2) is 47.9 Å². The van der Waals surface area contributed by atoms with Crippen LogP contribution in [0, 0.1) is 5.92 Å². The second-order valence-corrected chi connectivity index (χ2v) is 5.83. The van der Waals surface area contributed by atoms with Gasteiger partial charge in [-0.05, 0) is 34.1 Å². The number of amides is 2. The van der Waals surface area contributed by atoms with E-state index in [0.29, 0.717) is 19.5 Å². The molecule has 1 saturated heterocycles. The molecular formula is C13H22N2O4. The molecule has 6 heteroatoms. The zero-order valence-electron chi connectivity index (χ0n) is 12.0. The average molecular weight is 270 g/mol. The summed E-state index contributed by atoms with van der Waals surface area (Å²) in [6.45, 7) is 7.73. The van der Waals surface area contributed by atoms with E-state index in [4.69, 9.17) is 4.74 Å². The van der Waals surface area contributed by atoms with Crippen LogP contribution in [0.25, 0.3) is 0 Å². The van der Waals surface area contributed by atoms with Crippen molar-refractivity contribution in [3.8, 4) is 0 Å². The predicted octanol–water partition coefficient (Wildman–Crippen LogP) is 0.949. The standard InChI is InChI=1S/C13H22N2O4/c1-9(16)7-14-11(17)10-5-6-15(8-10)12(18)19-13(2,3)4/h10H,5-8H2,1-4H3,(H,14,17). The minimum atomic E-state index is -0.536. The number of Topliss-reactive ketones (excluding diaryl/α,β-unsaturated/α-hetero) is 1. The van der Waals surface area contributed by atoms with Crippen LogP contribution in [0.4, 0.5) is 4.79 Å². The molecule has 19 heavy (non-hydrogen) atoms. The number of rotatable bonds is 3. The highest BCUT2D eigenvalue weighted by Gasteiger charge is 2.33. The van der Waals surface area contributed by atoms with Gasteiger partial charge in [-0.15, -0.1) is 0 Å². The maximum atomic E-state index is 11.8. The first kappa shape index (κ1) is 15.5. The Labute approximate surface area is 113 Å². The summed E-state index contributed by atoms with van der Waals surface area (Å²) in [4.78, 5) is 35.9. The lowest BCUT2D eigenvalue weighted by Gasteiger charge is -2.24. The van der Waals surface area contributed by atoms with Crippen LogP contribution in [0.1, 0.15) is 34.1 Å². The van der Waals surface area contributed by atoms with Gasteiger partial charge in [0.1, 0.15) is 11.4 Å². The minimum Gasteiger partial charge on any atom is -0.444 e. The van der Waals surface area contributed by atoms with Crippen molar-refractivity contribution in [3.63, 3.8) is 0 Å². The van der Waals surface area contributed by atoms with Crippen molar-refractivity contribution in [1.82, 2.24) is 10.2 Å². The van der Waals surface area contributed by atoms with Crippen molar-refractivity contribution in [2.75, 3.05) is 19.6 Å². The van der Waals surface area contributed by atoms with E-state index < -0.39 is 11.7 Å². The van der Waals surface area contributed by atoms with E-state index in [1.807, 2.05) is 0 Å². The van der Waals surface area contributed by atoms with Gasteiger partial charge in [-0.3, -0.25) is 9.59 Å². The average Bonchev–Trinajstić information content (AvgIpc) is 2.72. The number of carbonyl (C=O) groups excluding carboxylic acids is 3. The van der Waals surface area contributed by atoms with Crippen molar-refractivity contribution in [2.24, 2.45) is 5.92 Å². The molecule has 1 aliphatic heterocycles. The summed E-state index contributed by atoms with van der Waals surface area (Å²) in [7, 11) is 0. The maximum Gasteiger partial charge on any atom is 0.410 e. The quantitative estimate of drug-likeness (QED) is 0.828. The van der Waals surface area contributed by atoms with Gasteiger partial charge < -0.3 is 15.0 Å². The number of ether oxygens (including phenoxy) is 1. The van der Waals surface area contributed by atoms with E-state index in [-0.39, 0.29) is 24.2 Å². The first-order valence-electron chi connectivity index (χ1n) is 6.44. The zero-order valence-corrected chi connectivity index (χ0v) is 12.0. The van der Waals surface area contributed by atoms with Crippen molar-refractivity contribution >= 4 is 17.8 Å². The van der Waals surface area contributed by atoms with Crippen molar-refractivity contribution in [3.05, 3.63) is 0 Å². The number of carbonyl (C=O) groups is 3. The molecule has 0 bridgehead atoms. The molecule has 1 heterocycles. The van der Waals surface area contributed by atoms with Gasteiger partial charge in [-0.1, -0.05) is 0 Å². The second-order valence-electron chi connectivity index (χ2n) is 5.83. The molecule has 0 radical (unpaired) electrons. The SMILES string of the molecule is CC(=O)CNC(=O)C1CCN(C(=O)OC(C)(C)C)C1. The lowest BCUT2D eigenvalue weighted by Crippen LogP contribution is -2.38. The highest BCUT2D eigenvalue weighted by atomic mass is 16.6. The number of nitrogens with zero attached hydrogens (tertiary/aromatic N) is 1. The normalized spacial score (nSPS) is 19.2. The number of hydrogen-bond acceptors (Lipinski definition) is 4. The van der Waals surface area contributed by atoms with Gasteiger partial charge in [-0.25, -0.2) is 4.79 Å². The van der Waals surface area contributed by atoms with Crippen LogP contribution in [0.15, 0.2) is 0 Å². The lowest BCUT2D eigenvalue weighted by molar-refractivity contribution is -0.127. The Bertz CT molecular complexity index is 373. The van der Waals surface area contributed by atoms with Gasteiger partial charge in [0.2, 0.25) is 5.91 Å². The molecule has 1 aliphatic rings. The lowest BCUT2D eigenvalue weighted by atomic mass is 10.1. The number of hydrogen-bond donors (Lipinski definition) is 1. The summed E-state index contributed by atoms with van der Waals surface area (Å²) in [5, 5.41) is 2.56. The van der Waals surface area contributed by atoms with Gasteiger partial charge in [0.25, 0.3) is 0 Å². The van der Waals surface area contributed by atoms with E-state index >= 15 is 0 Å². The van der Waals surface area contributed by atoms with Crippen LogP contribution in [0.2, 0.25) is 0 Å². The molecule has 0 aromatic heterocycles. The molecule has 2 amide bonds. The summed E-state index contributed by atoms with van der Waals surface area (Å²) in [5.74, 6) is -0.525. The van der Waals surface area contributed by atoms with E-state index in [2.05, 4.69) is 5.32 Å². The summed E-state index contributed by atoms with van der Waals surface area (Å²) < 4.78 is 5.25. The fourth-order valence-corrected chi connectivity index (χ4v) is 1.82. The fourth-order valence-electron chi connectivity index (χ4n) is 1.82. The molecule has 0 spiro atoms.